The molecule has 0 fully saturated rings. The number of benzene rings is 1. The highest BCUT2D eigenvalue weighted by molar-refractivity contribution is 5.94. The zero-order chi connectivity index (χ0) is 10.1. The van der Waals surface area contributed by atoms with Crippen molar-refractivity contribution < 1.29 is 9.90 Å². The summed E-state index contributed by atoms with van der Waals surface area (Å²) in [6, 6.07) is 5.16. The Bertz CT molecular complexity index is 485. The minimum atomic E-state index is -0.889. The van der Waals surface area contributed by atoms with E-state index in [2.05, 4.69) is 11.9 Å². The zero-order valence-electron chi connectivity index (χ0n) is 7.87. The summed E-state index contributed by atoms with van der Waals surface area (Å²) in [7, 11) is 0. The maximum Gasteiger partial charge on any atom is 0.335 e. The average molecular weight is 189 g/mol. The molecule has 3 heteroatoms. The van der Waals surface area contributed by atoms with Crippen LogP contribution in [0.15, 0.2) is 24.4 Å². The molecule has 72 valence electrons. The van der Waals surface area contributed by atoms with Gasteiger partial charge in [0.25, 0.3) is 0 Å². The second-order valence-corrected chi connectivity index (χ2v) is 3.23. The number of carbonyl (C=O) groups is 1. The Morgan fingerprint density at radius 3 is 2.93 bits per heavy atom. The van der Waals surface area contributed by atoms with Crippen molar-refractivity contribution in [3.05, 3.63) is 35.5 Å². The van der Waals surface area contributed by atoms with E-state index in [1.54, 1.807) is 12.1 Å². The second kappa shape index (κ2) is 3.18. The molecular formula is C11H11NO2. The number of carboxylic acid groups (broad SMARTS) is 1. The number of carboxylic acids is 1. The Morgan fingerprint density at radius 1 is 1.50 bits per heavy atom. The molecule has 1 heterocycles. The fourth-order valence-electron chi connectivity index (χ4n) is 1.61. The van der Waals surface area contributed by atoms with Crippen LogP contribution in [0, 0.1) is 0 Å². The molecule has 2 aromatic rings. The number of aryl methyl sites for hydroxylation is 1. The standard InChI is InChI=1S/C11H11NO2/c1-2-7-6-12-10-5-8(11(13)14)3-4-9(7)10/h3-6,12H,2H2,1H3,(H,13,14). The van der Waals surface area contributed by atoms with Gasteiger partial charge in [-0.1, -0.05) is 13.0 Å². The van der Waals surface area contributed by atoms with Crippen LogP contribution in [-0.4, -0.2) is 16.1 Å². The molecule has 0 aliphatic rings. The first-order valence-electron chi connectivity index (χ1n) is 4.55. The number of aromatic carboxylic acids is 1. The van der Waals surface area contributed by atoms with Gasteiger partial charge in [0.15, 0.2) is 0 Å². The molecular weight excluding hydrogens is 178 g/mol. The van der Waals surface area contributed by atoms with Crippen LogP contribution in [-0.2, 0) is 6.42 Å². The van der Waals surface area contributed by atoms with Crippen molar-refractivity contribution in [3.63, 3.8) is 0 Å². The van der Waals surface area contributed by atoms with E-state index in [4.69, 9.17) is 5.11 Å². The van der Waals surface area contributed by atoms with Crippen LogP contribution in [0.3, 0.4) is 0 Å². The van der Waals surface area contributed by atoms with E-state index in [0.29, 0.717) is 5.56 Å². The van der Waals surface area contributed by atoms with E-state index in [1.807, 2.05) is 12.3 Å². The third kappa shape index (κ3) is 1.27. The van der Waals surface area contributed by atoms with Crippen molar-refractivity contribution in [1.82, 2.24) is 4.98 Å². The van der Waals surface area contributed by atoms with Gasteiger partial charge in [-0.25, -0.2) is 4.79 Å². The Labute approximate surface area is 81.4 Å². The van der Waals surface area contributed by atoms with Gasteiger partial charge >= 0.3 is 5.97 Å². The highest BCUT2D eigenvalue weighted by Crippen LogP contribution is 2.19. The highest BCUT2D eigenvalue weighted by atomic mass is 16.4. The smallest absolute Gasteiger partial charge is 0.335 e. The summed E-state index contributed by atoms with van der Waals surface area (Å²) >= 11 is 0. The van der Waals surface area contributed by atoms with Gasteiger partial charge in [0.1, 0.15) is 0 Å². The normalized spacial score (nSPS) is 10.6. The molecule has 0 saturated carbocycles. The third-order valence-corrected chi connectivity index (χ3v) is 2.40. The molecule has 1 aromatic heterocycles. The van der Waals surface area contributed by atoms with Crippen molar-refractivity contribution >= 4 is 16.9 Å². The molecule has 2 N–H and O–H groups in total. The molecule has 3 nitrogen and oxygen atoms in total. The van der Waals surface area contributed by atoms with Gasteiger partial charge < -0.3 is 10.1 Å². The van der Waals surface area contributed by atoms with Gasteiger partial charge in [0.2, 0.25) is 0 Å². The minimum absolute atomic E-state index is 0.321. The van der Waals surface area contributed by atoms with Crippen LogP contribution in [0.4, 0.5) is 0 Å². The monoisotopic (exact) mass is 189 g/mol. The van der Waals surface area contributed by atoms with Gasteiger partial charge in [-0.15, -0.1) is 0 Å². The van der Waals surface area contributed by atoms with E-state index in [0.717, 1.165) is 17.3 Å². The predicted octanol–water partition coefficient (Wildman–Crippen LogP) is 2.43. The van der Waals surface area contributed by atoms with Crippen LogP contribution in [0.2, 0.25) is 0 Å². The van der Waals surface area contributed by atoms with Crippen LogP contribution >= 0.6 is 0 Å². The van der Waals surface area contributed by atoms with Crippen molar-refractivity contribution in [2.45, 2.75) is 13.3 Å². The fraction of sp³-hybridized carbons (Fsp3) is 0.182. The largest absolute Gasteiger partial charge is 0.478 e. The molecule has 0 radical (unpaired) electrons. The molecule has 0 spiro atoms. The molecule has 2 rings (SSSR count). The summed E-state index contributed by atoms with van der Waals surface area (Å²) < 4.78 is 0. The number of nitrogens with one attached hydrogen (secondary N) is 1. The van der Waals surface area contributed by atoms with Crippen molar-refractivity contribution in [2.75, 3.05) is 0 Å². The summed E-state index contributed by atoms with van der Waals surface area (Å²) in [6.07, 6.45) is 2.88. The molecule has 0 bridgehead atoms. The van der Waals surface area contributed by atoms with E-state index in [9.17, 15) is 4.79 Å². The maximum absolute atomic E-state index is 10.7. The van der Waals surface area contributed by atoms with Gasteiger partial charge in [-0.05, 0) is 24.1 Å². The first-order valence-corrected chi connectivity index (χ1v) is 4.55. The Morgan fingerprint density at radius 2 is 2.29 bits per heavy atom. The molecule has 0 aliphatic heterocycles. The number of rotatable bonds is 2. The predicted molar refractivity (Wildman–Crippen MR) is 54.6 cm³/mol. The Hall–Kier alpha value is -1.77. The number of aromatic nitrogens is 1. The lowest BCUT2D eigenvalue weighted by Crippen LogP contribution is -1.94. The summed E-state index contributed by atoms with van der Waals surface area (Å²) in [5.74, 6) is -0.889. The lowest BCUT2D eigenvalue weighted by atomic mass is 10.1. The van der Waals surface area contributed by atoms with Crippen molar-refractivity contribution in [1.29, 1.82) is 0 Å². The lowest BCUT2D eigenvalue weighted by Gasteiger charge is -1.96. The first-order chi connectivity index (χ1) is 6.72. The quantitative estimate of drug-likeness (QED) is 0.762. The third-order valence-electron chi connectivity index (χ3n) is 2.40. The minimum Gasteiger partial charge on any atom is -0.478 e. The number of hydrogen-bond acceptors (Lipinski definition) is 1. The summed E-state index contributed by atoms with van der Waals surface area (Å²) in [5, 5.41) is 9.90. The molecule has 14 heavy (non-hydrogen) atoms. The molecule has 1 aromatic carbocycles. The average Bonchev–Trinajstić information content (AvgIpc) is 2.59. The van der Waals surface area contributed by atoms with E-state index < -0.39 is 5.97 Å². The molecule has 0 amide bonds. The zero-order valence-corrected chi connectivity index (χ0v) is 7.87. The summed E-state index contributed by atoms with van der Waals surface area (Å²) in [6.45, 7) is 2.08. The van der Waals surface area contributed by atoms with Crippen LogP contribution < -0.4 is 0 Å². The van der Waals surface area contributed by atoms with E-state index >= 15 is 0 Å². The number of fused-ring (bicyclic) bond motifs is 1. The number of hydrogen-bond donors (Lipinski definition) is 2. The summed E-state index contributed by atoms with van der Waals surface area (Å²) in [4.78, 5) is 13.8. The maximum atomic E-state index is 10.7. The van der Waals surface area contributed by atoms with Crippen molar-refractivity contribution in [2.24, 2.45) is 0 Å². The van der Waals surface area contributed by atoms with Gasteiger partial charge in [-0.3, -0.25) is 0 Å². The van der Waals surface area contributed by atoms with Crippen LogP contribution in [0.25, 0.3) is 10.9 Å². The highest BCUT2D eigenvalue weighted by Gasteiger charge is 2.06. The van der Waals surface area contributed by atoms with Crippen molar-refractivity contribution in [3.8, 4) is 0 Å². The molecule has 0 saturated heterocycles. The Balaban J connectivity index is 2.63. The Kier molecular flexibility index (Phi) is 2.00. The van der Waals surface area contributed by atoms with Gasteiger partial charge in [-0.2, -0.15) is 0 Å². The van der Waals surface area contributed by atoms with Crippen LogP contribution in [0.5, 0.6) is 0 Å². The number of H-pyrrole nitrogens is 1. The second-order valence-electron chi connectivity index (χ2n) is 3.23. The number of aromatic amines is 1. The first kappa shape index (κ1) is 8.81. The molecule has 0 aliphatic carbocycles. The van der Waals surface area contributed by atoms with Gasteiger partial charge in [0, 0.05) is 17.1 Å². The molecule has 0 unspecified atom stereocenters. The fourth-order valence-corrected chi connectivity index (χ4v) is 1.61. The van der Waals surface area contributed by atoms with E-state index in [1.165, 1.54) is 5.56 Å². The SMILES string of the molecule is CCc1c[nH]c2cc(C(=O)O)ccc12. The summed E-state index contributed by atoms with van der Waals surface area (Å²) in [5.41, 5.74) is 2.43. The lowest BCUT2D eigenvalue weighted by molar-refractivity contribution is 0.0697. The van der Waals surface area contributed by atoms with Gasteiger partial charge in [0.05, 0.1) is 5.56 Å². The topological polar surface area (TPSA) is 53.1 Å². The molecule has 0 atom stereocenters. The van der Waals surface area contributed by atoms with E-state index in [-0.39, 0.29) is 0 Å². The van der Waals surface area contributed by atoms with Crippen LogP contribution in [0.1, 0.15) is 22.8 Å².